The maximum Gasteiger partial charge on any atom is 0.0959 e. The Hall–Kier alpha value is -0.410. The smallest absolute Gasteiger partial charge is 0.0959 e. The maximum atomic E-state index is 11.0. The molecule has 1 N–H and O–H groups in total. The first-order valence-electron chi connectivity index (χ1n) is 7.85. The molecule has 0 bridgehead atoms. The third kappa shape index (κ3) is 3.82. The van der Waals surface area contributed by atoms with Crippen molar-refractivity contribution in [2.75, 3.05) is 0 Å². The molecule has 0 aliphatic heterocycles. The van der Waals surface area contributed by atoms with E-state index >= 15 is 0 Å². The van der Waals surface area contributed by atoms with Gasteiger partial charge in [-0.3, -0.25) is 0 Å². The SMILES string of the molecule is Cc1nc(CC2(O)CCCC(C(C)(C)C)CC2)sc1C. The molecule has 0 aromatic carbocycles. The minimum atomic E-state index is -0.531. The predicted octanol–water partition coefficient (Wildman–Crippen LogP) is 4.66. The molecule has 0 radical (unpaired) electrons. The van der Waals surface area contributed by atoms with E-state index < -0.39 is 5.60 Å². The Balaban J connectivity index is 2.04. The van der Waals surface area contributed by atoms with Crippen molar-refractivity contribution in [2.24, 2.45) is 11.3 Å². The second kappa shape index (κ2) is 5.76. The van der Waals surface area contributed by atoms with Crippen LogP contribution >= 0.6 is 11.3 Å². The molecule has 1 aliphatic carbocycles. The van der Waals surface area contributed by atoms with E-state index in [2.05, 4.69) is 39.6 Å². The summed E-state index contributed by atoms with van der Waals surface area (Å²) in [4.78, 5) is 5.89. The van der Waals surface area contributed by atoms with Crippen LogP contribution in [0.3, 0.4) is 0 Å². The molecule has 1 heterocycles. The van der Waals surface area contributed by atoms with Crippen LogP contribution in [0.2, 0.25) is 0 Å². The van der Waals surface area contributed by atoms with Gasteiger partial charge < -0.3 is 5.11 Å². The summed E-state index contributed by atoms with van der Waals surface area (Å²) in [5, 5.41) is 12.1. The van der Waals surface area contributed by atoms with Crippen LogP contribution in [0.4, 0.5) is 0 Å². The average molecular weight is 295 g/mol. The molecule has 2 rings (SSSR count). The van der Waals surface area contributed by atoms with Gasteiger partial charge in [-0.2, -0.15) is 0 Å². The van der Waals surface area contributed by atoms with E-state index in [0.717, 1.165) is 48.7 Å². The van der Waals surface area contributed by atoms with Gasteiger partial charge in [0.05, 0.1) is 16.3 Å². The summed E-state index contributed by atoms with van der Waals surface area (Å²) in [6.45, 7) is 11.2. The Morgan fingerprint density at radius 2 is 1.95 bits per heavy atom. The Kier molecular flexibility index (Phi) is 4.60. The Bertz CT molecular complexity index is 441. The molecule has 2 atom stereocenters. The molecule has 1 fully saturated rings. The summed E-state index contributed by atoms with van der Waals surface area (Å²) in [6, 6.07) is 0. The van der Waals surface area contributed by atoms with Crippen molar-refractivity contribution in [1.29, 1.82) is 0 Å². The maximum absolute atomic E-state index is 11.0. The largest absolute Gasteiger partial charge is 0.389 e. The van der Waals surface area contributed by atoms with Crippen LogP contribution in [0.25, 0.3) is 0 Å². The molecule has 0 saturated heterocycles. The first kappa shape index (κ1) is 16.0. The predicted molar refractivity (Wildman–Crippen MR) is 86.3 cm³/mol. The van der Waals surface area contributed by atoms with Crippen molar-refractivity contribution < 1.29 is 5.11 Å². The van der Waals surface area contributed by atoms with Crippen molar-refractivity contribution >= 4 is 11.3 Å². The summed E-state index contributed by atoms with van der Waals surface area (Å²) in [5.74, 6) is 0.733. The van der Waals surface area contributed by atoms with E-state index in [0.29, 0.717) is 5.41 Å². The van der Waals surface area contributed by atoms with Crippen LogP contribution < -0.4 is 0 Å². The van der Waals surface area contributed by atoms with Crippen molar-refractivity contribution in [3.8, 4) is 0 Å². The molecule has 3 heteroatoms. The van der Waals surface area contributed by atoms with Crippen LogP contribution in [-0.4, -0.2) is 15.7 Å². The molecular formula is C17H29NOS. The molecular weight excluding hydrogens is 266 g/mol. The number of nitrogens with zero attached hydrogens (tertiary/aromatic N) is 1. The second-order valence-electron chi connectivity index (χ2n) is 7.64. The molecule has 1 aromatic heterocycles. The zero-order valence-electron chi connectivity index (χ0n) is 13.6. The van der Waals surface area contributed by atoms with Crippen molar-refractivity contribution in [3.05, 3.63) is 15.6 Å². The zero-order valence-corrected chi connectivity index (χ0v) is 14.4. The Morgan fingerprint density at radius 3 is 2.50 bits per heavy atom. The molecule has 2 nitrogen and oxygen atoms in total. The lowest BCUT2D eigenvalue weighted by molar-refractivity contribution is 0.0225. The van der Waals surface area contributed by atoms with Crippen molar-refractivity contribution in [2.45, 2.75) is 78.7 Å². The second-order valence-corrected chi connectivity index (χ2v) is 8.93. The lowest BCUT2D eigenvalue weighted by Gasteiger charge is -2.30. The van der Waals surface area contributed by atoms with Crippen LogP contribution in [-0.2, 0) is 6.42 Å². The average Bonchev–Trinajstić information content (AvgIpc) is 2.50. The van der Waals surface area contributed by atoms with Gasteiger partial charge in [0.2, 0.25) is 0 Å². The standard InChI is InChI=1S/C17H29NOS/c1-12-13(2)20-15(18-12)11-17(19)9-6-7-14(8-10-17)16(3,4)5/h14,19H,6-11H2,1-5H3. The lowest BCUT2D eigenvalue weighted by atomic mass is 9.76. The molecule has 1 saturated carbocycles. The van der Waals surface area contributed by atoms with Gasteiger partial charge in [-0.15, -0.1) is 11.3 Å². The van der Waals surface area contributed by atoms with Crippen LogP contribution in [0.5, 0.6) is 0 Å². The van der Waals surface area contributed by atoms with Gasteiger partial charge in [-0.1, -0.05) is 27.2 Å². The fraction of sp³-hybridized carbons (Fsp3) is 0.824. The molecule has 0 spiro atoms. The zero-order chi connectivity index (χ0) is 15.0. The third-order valence-corrected chi connectivity index (χ3v) is 6.00. The van der Waals surface area contributed by atoms with Crippen LogP contribution in [0, 0.1) is 25.2 Å². The summed E-state index contributed by atoms with van der Waals surface area (Å²) >= 11 is 1.75. The summed E-state index contributed by atoms with van der Waals surface area (Å²) < 4.78 is 0. The minimum Gasteiger partial charge on any atom is -0.389 e. The molecule has 2 unspecified atom stereocenters. The van der Waals surface area contributed by atoms with Crippen molar-refractivity contribution in [3.63, 3.8) is 0 Å². The van der Waals surface area contributed by atoms with Gasteiger partial charge in [0.25, 0.3) is 0 Å². The highest BCUT2D eigenvalue weighted by Gasteiger charge is 2.35. The van der Waals surface area contributed by atoms with Gasteiger partial charge in [-0.25, -0.2) is 4.98 Å². The van der Waals surface area contributed by atoms with E-state index in [4.69, 9.17) is 0 Å². The number of aryl methyl sites for hydroxylation is 2. The number of aromatic nitrogens is 1. The molecule has 0 amide bonds. The highest BCUT2D eigenvalue weighted by Crippen LogP contribution is 2.41. The van der Waals surface area contributed by atoms with Gasteiger partial charge in [0, 0.05) is 11.3 Å². The number of thiazole rings is 1. The molecule has 1 aliphatic rings. The summed E-state index contributed by atoms with van der Waals surface area (Å²) in [7, 11) is 0. The van der Waals surface area contributed by atoms with Gasteiger partial charge >= 0.3 is 0 Å². The summed E-state index contributed by atoms with van der Waals surface area (Å²) in [6.07, 6.45) is 6.12. The number of hydrogen-bond donors (Lipinski definition) is 1. The number of aliphatic hydroxyl groups is 1. The van der Waals surface area contributed by atoms with Gasteiger partial charge in [0.1, 0.15) is 0 Å². The highest BCUT2D eigenvalue weighted by molar-refractivity contribution is 7.11. The lowest BCUT2D eigenvalue weighted by Crippen LogP contribution is -2.31. The normalized spacial score (nSPS) is 28.4. The van der Waals surface area contributed by atoms with Crippen LogP contribution in [0.1, 0.15) is 68.5 Å². The van der Waals surface area contributed by atoms with E-state index in [1.165, 1.54) is 11.3 Å². The molecule has 20 heavy (non-hydrogen) atoms. The van der Waals surface area contributed by atoms with Crippen molar-refractivity contribution in [1.82, 2.24) is 4.98 Å². The topological polar surface area (TPSA) is 33.1 Å². The van der Waals surface area contributed by atoms with E-state index in [9.17, 15) is 5.11 Å². The Labute approximate surface area is 127 Å². The number of hydrogen-bond acceptors (Lipinski definition) is 3. The van der Waals surface area contributed by atoms with Gasteiger partial charge in [0.15, 0.2) is 0 Å². The molecule has 1 aromatic rings. The monoisotopic (exact) mass is 295 g/mol. The van der Waals surface area contributed by atoms with E-state index in [1.807, 2.05) is 0 Å². The number of rotatable bonds is 2. The van der Waals surface area contributed by atoms with Gasteiger partial charge in [-0.05, 0) is 50.9 Å². The van der Waals surface area contributed by atoms with E-state index in [1.54, 1.807) is 11.3 Å². The fourth-order valence-corrected chi connectivity index (χ4v) is 4.40. The quantitative estimate of drug-likeness (QED) is 0.805. The Morgan fingerprint density at radius 1 is 1.25 bits per heavy atom. The highest BCUT2D eigenvalue weighted by atomic mass is 32.1. The first-order chi connectivity index (χ1) is 9.20. The third-order valence-electron chi connectivity index (χ3n) is 4.93. The minimum absolute atomic E-state index is 0.361. The molecule has 114 valence electrons. The fourth-order valence-electron chi connectivity index (χ4n) is 3.33. The van der Waals surface area contributed by atoms with E-state index in [-0.39, 0.29) is 0 Å². The summed E-state index contributed by atoms with van der Waals surface area (Å²) in [5.41, 5.74) is 0.950. The first-order valence-corrected chi connectivity index (χ1v) is 8.66. The van der Waals surface area contributed by atoms with Crippen LogP contribution in [0.15, 0.2) is 0 Å².